The number of hydrogen-bond donors (Lipinski definition) is 4. The minimum absolute atomic E-state index is 0. The molecule has 200 valence electrons. The van der Waals surface area contributed by atoms with E-state index in [0.717, 1.165) is 16.9 Å². The second-order valence-corrected chi connectivity index (χ2v) is 11.9. The summed E-state index contributed by atoms with van der Waals surface area (Å²) in [6.07, 6.45) is 1.22. The summed E-state index contributed by atoms with van der Waals surface area (Å²) in [6.45, 7) is 15.0. The van der Waals surface area contributed by atoms with Crippen LogP contribution in [0, 0.1) is 20.8 Å². The maximum Gasteiger partial charge on any atom is 0.320 e. The van der Waals surface area contributed by atoms with E-state index in [0.29, 0.717) is 24.0 Å². The van der Waals surface area contributed by atoms with E-state index in [1.807, 2.05) is 20.8 Å². The molecule has 0 fully saturated rings. The van der Waals surface area contributed by atoms with Crippen LogP contribution in [0.25, 0.3) is 0 Å². The summed E-state index contributed by atoms with van der Waals surface area (Å²) in [6, 6.07) is -0.990. The number of hydrogen-bond acceptors (Lipinski definition) is 7. The van der Waals surface area contributed by atoms with Crippen LogP contribution in [-0.4, -0.2) is 49.2 Å². The van der Waals surface area contributed by atoms with Crippen LogP contribution in [0.2, 0.25) is 0 Å². The van der Waals surface area contributed by atoms with E-state index in [1.165, 1.54) is 0 Å². The molecule has 1 aromatic carbocycles. The second-order valence-electron chi connectivity index (χ2n) is 10.3. The summed E-state index contributed by atoms with van der Waals surface area (Å²) in [5.74, 6) is -0.431. The number of nitrogens with two attached hydrogens (primary N) is 1. The molecule has 0 spiro atoms. The van der Waals surface area contributed by atoms with Crippen molar-refractivity contribution in [2.24, 2.45) is 10.9 Å². The molecule has 0 amide bonds. The summed E-state index contributed by atoms with van der Waals surface area (Å²) in [7, 11) is -4.03. The minimum Gasteiger partial charge on any atom is -0.487 e. The molecule has 35 heavy (non-hydrogen) atoms. The Hall–Kier alpha value is -2.24. The number of sulfonamides is 1. The smallest absolute Gasteiger partial charge is 0.320 e. The number of aliphatic carboxylic acids is 1. The lowest BCUT2D eigenvalue weighted by Crippen LogP contribution is -2.43. The summed E-state index contributed by atoms with van der Waals surface area (Å²) < 4.78 is 35.7. The van der Waals surface area contributed by atoms with E-state index in [2.05, 4.69) is 15.2 Å². The van der Waals surface area contributed by atoms with Crippen molar-refractivity contribution in [3.05, 3.63) is 22.3 Å². The van der Waals surface area contributed by atoms with Crippen molar-refractivity contribution in [3.63, 3.8) is 0 Å². The molecule has 1 aliphatic heterocycles. The van der Waals surface area contributed by atoms with Crippen molar-refractivity contribution in [1.29, 1.82) is 0 Å². The van der Waals surface area contributed by atoms with Gasteiger partial charge in [0, 0.05) is 18.5 Å². The van der Waals surface area contributed by atoms with Crippen LogP contribution in [0.15, 0.2) is 10.1 Å². The Kier molecular flexibility index (Phi) is 9.87. The van der Waals surface area contributed by atoms with Crippen LogP contribution < -0.4 is 20.5 Å². The van der Waals surface area contributed by atoms with Crippen molar-refractivity contribution < 1.29 is 27.9 Å². The van der Waals surface area contributed by atoms with Gasteiger partial charge < -0.3 is 25.7 Å². The number of carboxylic acid groups (broad SMARTS) is 1. The molecule has 5 N–H and O–H groups in total. The molecular weight excluding hydrogens is 496 g/mol. The third-order valence-corrected chi connectivity index (χ3v) is 7.12. The van der Waals surface area contributed by atoms with E-state index in [-0.39, 0.29) is 36.2 Å². The fourth-order valence-electron chi connectivity index (χ4n) is 3.75. The van der Waals surface area contributed by atoms with Crippen LogP contribution in [0.3, 0.4) is 0 Å². The van der Waals surface area contributed by atoms with Gasteiger partial charge in [0.1, 0.15) is 23.0 Å². The molecule has 0 saturated heterocycles. The maximum absolute atomic E-state index is 13.5. The van der Waals surface area contributed by atoms with Gasteiger partial charge in [-0.15, -0.1) is 12.4 Å². The normalized spacial score (nSPS) is 16.0. The SMILES string of the molecule is Cc1c(C)c(S(=O)(=O)NC(=NOC(C)(C)C)NCCCC(N)C(=O)O)c(C)c2c1OC(C)(C)C2.Cl. The topological polar surface area (TPSA) is 152 Å². The average Bonchev–Trinajstić information content (AvgIpc) is 3.02. The van der Waals surface area contributed by atoms with Crippen LogP contribution >= 0.6 is 12.4 Å². The fraction of sp³-hybridized carbons (Fsp3) is 0.652. The Balaban J connectivity index is 0.00000612. The lowest BCUT2D eigenvalue weighted by atomic mass is 9.94. The Labute approximate surface area is 214 Å². The number of fused-ring (bicyclic) bond motifs is 1. The predicted molar refractivity (Wildman–Crippen MR) is 138 cm³/mol. The molecule has 0 aromatic heterocycles. The van der Waals surface area contributed by atoms with Crippen molar-refractivity contribution in [2.75, 3.05) is 6.54 Å². The van der Waals surface area contributed by atoms with Gasteiger partial charge in [-0.2, -0.15) is 0 Å². The summed E-state index contributed by atoms with van der Waals surface area (Å²) in [5, 5.41) is 15.8. The molecule has 0 bridgehead atoms. The lowest BCUT2D eigenvalue weighted by molar-refractivity contribution is -0.138. The van der Waals surface area contributed by atoms with Gasteiger partial charge in [-0.25, -0.2) is 13.1 Å². The molecule has 0 aliphatic carbocycles. The first-order valence-electron chi connectivity index (χ1n) is 11.3. The molecule has 1 aliphatic rings. The quantitative estimate of drug-likeness (QED) is 0.172. The number of carbonyl (C=O) groups is 1. The zero-order valence-electron chi connectivity index (χ0n) is 21.7. The molecule has 0 saturated carbocycles. The van der Waals surface area contributed by atoms with Crippen molar-refractivity contribution in [1.82, 2.24) is 10.0 Å². The highest BCUT2D eigenvalue weighted by Gasteiger charge is 2.37. The number of nitrogens with zero attached hydrogens (tertiary/aromatic N) is 1. The number of guanidine groups is 1. The summed E-state index contributed by atoms with van der Waals surface area (Å²) in [5.41, 5.74) is 7.38. The predicted octanol–water partition coefficient (Wildman–Crippen LogP) is 2.89. The van der Waals surface area contributed by atoms with Gasteiger partial charge in [0.25, 0.3) is 10.0 Å². The van der Waals surface area contributed by atoms with Crippen molar-refractivity contribution in [2.45, 2.75) is 96.8 Å². The Bertz CT molecular complexity index is 1080. The Morgan fingerprint density at radius 1 is 1.23 bits per heavy atom. The molecule has 1 heterocycles. The highest BCUT2D eigenvalue weighted by Crippen LogP contribution is 2.43. The van der Waals surface area contributed by atoms with Gasteiger partial charge in [-0.05, 0) is 90.1 Å². The first-order valence-corrected chi connectivity index (χ1v) is 12.8. The summed E-state index contributed by atoms with van der Waals surface area (Å²) in [4.78, 5) is 16.5. The molecule has 1 atom stereocenters. The van der Waals surface area contributed by atoms with E-state index in [4.69, 9.17) is 20.4 Å². The monoisotopic (exact) mass is 534 g/mol. The van der Waals surface area contributed by atoms with E-state index in [1.54, 1.807) is 34.6 Å². The van der Waals surface area contributed by atoms with Gasteiger partial charge in [0.05, 0.1) is 4.90 Å². The first kappa shape index (κ1) is 30.8. The lowest BCUT2D eigenvalue weighted by Gasteiger charge is -2.21. The van der Waals surface area contributed by atoms with Crippen LogP contribution in [-0.2, 0) is 26.1 Å². The number of rotatable bonds is 8. The number of oxime groups is 1. The Morgan fingerprint density at radius 2 is 1.83 bits per heavy atom. The molecule has 12 heteroatoms. The molecule has 1 aromatic rings. The van der Waals surface area contributed by atoms with Crippen molar-refractivity contribution in [3.8, 4) is 5.75 Å². The first-order chi connectivity index (χ1) is 15.4. The number of nitrogens with one attached hydrogen (secondary N) is 2. The van der Waals surface area contributed by atoms with Crippen LogP contribution in [0.1, 0.15) is 69.7 Å². The average molecular weight is 535 g/mol. The van der Waals surface area contributed by atoms with E-state index >= 15 is 0 Å². The second kappa shape index (κ2) is 11.2. The van der Waals surface area contributed by atoms with Gasteiger partial charge in [-0.1, -0.05) is 0 Å². The molecule has 1 unspecified atom stereocenters. The Morgan fingerprint density at radius 3 is 2.37 bits per heavy atom. The van der Waals surface area contributed by atoms with Crippen LogP contribution in [0.4, 0.5) is 0 Å². The van der Waals surface area contributed by atoms with Gasteiger partial charge >= 0.3 is 5.97 Å². The standard InChI is InChI=1S/C23H38N4O6S.ClH/c1-13-14(2)19(15(3)16-12-23(7,8)32-18(13)16)34(30,31)27-21(26-33-22(4,5)6)25-11-9-10-17(24)20(28)29;/h17H,9-12,24H2,1-8H3,(H,28,29)(H2,25,26,27);1H. The highest BCUT2D eigenvalue weighted by atomic mass is 35.5. The molecule has 10 nitrogen and oxygen atoms in total. The fourth-order valence-corrected chi connectivity index (χ4v) is 5.30. The number of ether oxygens (including phenoxy) is 1. The van der Waals surface area contributed by atoms with Gasteiger partial charge in [0.2, 0.25) is 5.96 Å². The molecular formula is C23H39ClN4O6S. The number of halogens is 1. The van der Waals surface area contributed by atoms with Gasteiger partial charge in [0.15, 0.2) is 0 Å². The highest BCUT2D eigenvalue weighted by molar-refractivity contribution is 7.90. The molecule has 2 rings (SSSR count). The number of carboxylic acids is 1. The maximum atomic E-state index is 13.5. The number of benzene rings is 1. The minimum atomic E-state index is -4.03. The van der Waals surface area contributed by atoms with E-state index < -0.39 is 33.2 Å². The van der Waals surface area contributed by atoms with Crippen molar-refractivity contribution >= 4 is 34.4 Å². The zero-order valence-corrected chi connectivity index (χ0v) is 23.4. The van der Waals surface area contributed by atoms with E-state index in [9.17, 15) is 13.2 Å². The third-order valence-electron chi connectivity index (χ3n) is 5.50. The van der Waals surface area contributed by atoms with Gasteiger partial charge in [-0.3, -0.25) is 4.79 Å². The largest absolute Gasteiger partial charge is 0.487 e. The summed E-state index contributed by atoms with van der Waals surface area (Å²) >= 11 is 0. The zero-order chi connectivity index (χ0) is 26.1. The van der Waals surface area contributed by atoms with Crippen LogP contribution in [0.5, 0.6) is 5.75 Å². The molecule has 0 radical (unpaired) electrons. The third kappa shape index (κ3) is 7.88.